The summed E-state index contributed by atoms with van der Waals surface area (Å²) < 4.78 is 5.14. The quantitative estimate of drug-likeness (QED) is 0.626. The molecule has 0 bridgehead atoms. The fourth-order valence-electron chi connectivity index (χ4n) is 3.41. The number of anilines is 1. The van der Waals surface area contributed by atoms with Gasteiger partial charge in [0, 0.05) is 24.7 Å². The van der Waals surface area contributed by atoms with E-state index in [1.54, 1.807) is 36.3 Å². The Morgan fingerprint density at radius 1 is 1.18 bits per heavy atom. The second-order valence-electron chi connectivity index (χ2n) is 7.23. The van der Waals surface area contributed by atoms with Gasteiger partial charge in [-0.1, -0.05) is 19.8 Å². The molecule has 0 radical (unpaired) electrons. The van der Waals surface area contributed by atoms with Crippen molar-refractivity contribution in [3.05, 3.63) is 24.3 Å². The van der Waals surface area contributed by atoms with Crippen LogP contribution in [0.25, 0.3) is 0 Å². The molecule has 1 aromatic rings. The predicted octanol–water partition coefficient (Wildman–Crippen LogP) is 1.78. The van der Waals surface area contributed by atoms with Crippen molar-refractivity contribution in [1.82, 2.24) is 10.6 Å². The first kappa shape index (κ1) is 21.5. The first-order valence-corrected chi connectivity index (χ1v) is 9.66. The normalized spacial score (nSPS) is 18.8. The molecular weight excluding hydrogens is 360 g/mol. The van der Waals surface area contributed by atoms with E-state index in [4.69, 9.17) is 10.5 Å². The van der Waals surface area contributed by atoms with Crippen molar-refractivity contribution in [2.24, 2.45) is 11.7 Å². The maximum Gasteiger partial charge on any atom is 0.321 e. The second kappa shape index (κ2) is 10.5. The van der Waals surface area contributed by atoms with Crippen molar-refractivity contribution in [3.8, 4) is 5.75 Å². The molecule has 8 heteroatoms. The number of rotatable bonds is 8. The first-order valence-electron chi connectivity index (χ1n) is 9.66. The highest BCUT2D eigenvalue weighted by Crippen LogP contribution is 2.23. The van der Waals surface area contributed by atoms with Crippen LogP contribution in [0.15, 0.2) is 24.3 Å². The molecule has 1 saturated carbocycles. The molecule has 4 amide bonds. The van der Waals surface area contributed by atoms with Crippen LogP contribution in [0.3, 0.4) is 0 Å². The highest BCUT2D eigenvalue weighted by atomic mass is 16.5. The molecule has 0 saturated heterocycles. The van der Waals surface area contributed by atoms with Gasteiger partial charge in [0.15, 0.2) is 0 Å². The number of nitrogens with one attached hydrogen (secondary N) is 2. The summed E-state index contributed by atoms with van der Waals surface area (Å²) in [6.07, 6.45) is 4.37. The third-order valence-corrected chi connectivity index (χ3v) is 5.08. The maximum atomic E-state index is 12.4. The summed E-state index contributed by atoms with van der Waals surface area (Å²) in [6.45, 7) is 2.32. The van der Waals surface area contributed by atoms with E-state index in [-0.39, 0.29) is 25.6 Å². The number of ether oxygens (including phenoxy) is 1. The Bertz CT molecular complexity index is 677. The topological polar surface area (TPSA) is 114 Å². The fraction of sp³-hybridized carbons (Fsp3) is 0.550. The number of carbonyl (C=O) groups is 3. The average molecular weight is 390 g/mol. The summed E-state index contributed by atoms with van der Waals surface area (Å²) in [5.74, 6) is 0.189. The molecule has 1 fully saturated rings. The molecule has 1 aromatic carbocycles. The van der Waals surface area contributed by atoms with Gasteiger partial charge in [-0.3, -0.25) is 14.9 Å². The summed E-state index contributed by atoms with van der Waals surface area (Å²) in [5, 5.41) is 5.28. The standard InChI is InChI=1S/C20H30N4O4/c1-14-5-3-4-6-17(14)22-20(27)23-19(26)13-24(12-11-18(21)25)15-7-9-16(28-2)10-8-15/h7-10,14,17H,3-6,11-13H2,1-2H3,(H2,21,25)(H2,22,23,26,27)/t14-,17-/m0/s1. The minimum Gasteiger partial charge on any atom is -0.497 e. The first-order chi connectivity index (χ1) is 13.4. The molecule has 0 spiro atoms. The number of amides is 4. The Kier molecular flexibility index (Phi) is 8.10. The Morgan fingerprint density at radius 2 is 1.86 bits per heavy atom. The van der Waals surface area contributed by atoms with Crippen molar-refractivity contribution in [3.63, 3.8) is 0 Å². The van der Waals surface area contributed by atoms with Crippen LogP contribution < -0.4 is 26.0 Å². The molecule has 2 atom stereocenters. The lowest BCUT2D eigenvalue weighted by atomic mass is 9.86. The number of imide groups is 1. The van der Waals surface area contributed by atoms with Crippen LogP contribution in [0.2, 0.25) is 0 Å². The zero-order valence-electron chi connectivity index (χ0n) is 16.6. The SMILES string of the molecule is COc1ccc(N(CCC(N)=O)CC(=O)NC(=O)N[C@H]2CCCC[C@@H]2C)cc1. The van der Waals surface area contributed by atoms with Gasteiger partial charge in [0.05, 0.1) is 13.7 Å². The zero-order valence-corrected chi connectivity index (χ0v) is 16.6. The Morgan fingerprint density at radius 3 is 2.46 bits per heavy atom. The molecule has 154 valence electrons. The number of benzene rings is 1. The molecule has 8 nitrogen and oxygen atoms in total. The zero-order chi connectivity index (χ0) is 20.5. The predicted molar refractivity (Wildman–Crippen MR) is 107 cm³/mol. The molecule has 0 unspecified atom stereocenters. The minimum absolute atomic E-state index is 0.0623. The lowest BCUT2D eigenvalue weighted by Gasteiger charge is -2.29. The number of nitrogens with zero attached hydrogens (tertiary/aromatic N) is 1. The number of urea groups is 1. The van der Waals surface area contributed by atoms with Crippen LogP contribution in [0.1, 0.15) is 39.0 Å². The number of hydrogen-bond acceptors (Lipinski definition) is 5. The van der Waals surface area contributed by atoms with Crippen molar-refractivity contribution in [2.45, 2.75) is 45.1 Å². The summed E-state index contributed by atoms with van der Waals surface area (Å²) in [7, 11) is 1.57. The summed E-state index contributed by atoms with van der Waals surface area (Å²) in [4.78, 5) is 37.4. The van der Waals surface area contributed by atoms with Gasteiger partial charge in [-0.25, -0.2) is 4.79 Å². The molecule has 1 aliphatic rings. The number of hydrogen-bond donors (Lipinski definition) is 3. The van der Waals surface area contributed by atoms with E-state index >= 15 is 0 Å². The van der Waals surface area contributed by atoms with Crippen LogP contribution >= 0.6 is 0 Å². The summed E-state index contributed by atoms with van der Waals surface area (Å²) >= 11 is 0. The average Bonchev–Trinajstić information content (AvgIpc) is 2.67. The van der Waals surface area contributed by atoms with E-state index in [1.807, 2.05) is 0 Å². The molecule has 0 aliphatic heterocycles. The van der Waals surface area contributed by atoms with Crippen LogP contribution in [0, 0.1) is 5.92 Å². The lowest BCUT2D eigenvalue weighted by Crippen LogP contribution is -2.50. The highest BCUT2D eigenvalue weighted by Gasteiger charge is 2.23. The van der Waals surface area contributed by atoms with Crippen molar-refractivity contribution in [1.29, 1.82) is 0 Å². The minimum atomic E-state index is -0.478. The van der Waals surface area contributed by atoms with Gasteiger partial charge < -0.3 is 20.7 Å². The number of carbonyl (C=O) groups excluding carboxylic acids is 3. The third kappa shape index (κ3) is 6.75. The molecule has 2 rings (SSSR count). The molecule has 1 aliphatic carbocycles. The van der Waals surface area contributed by atoms with E-state index in [1.165, 1.54) is 6.42 Å². The highest BCUT2D eigenvalue weighted by molar-refractivity contribution is 5.96. The van der Waals surface area contributed by atoms with E-state index < -0.39 is 17.8 Å². The van der Waals surface area contributed by atoms with Gasteiger partial charge in [-0.05, 0) is 43.0 Å². The van der Waals surface area contributed by atoms with Crippen LogP contribution in [-0.2, 0) is 9.59 Å². The number of nitrogens with two attached hydrogens (primary N) is 1. The van der Waals surface area contributed by atoms with Crippen LogP contribution in [0.4, 0.5) is 10.5 Å². The lowest BCUT2D eigenvalue weighted by molar-refractivity contribution is -0.120. The summed E-state index contributed by atoms with van der Waals surface area (Å²) in [6, 6.07) is 6.72. The number of primary amides is 1. The van der Waals surface area contributed by atoms with Crippen molar-refractivity contribution >= 4 is 23.5 Å². The van der Waals surface area contributed by atoms with Gasteiger partial charge in [-0.15, -0.1) is 0 Å². The maximum absolute atomic E-state index is 12.4. The molecule has 28 heavy (non-hydrogen) atoms. The van der Waals surface area contributed by atoms with Crippen LogP contribution in [0.5, 0.6) is 5.75 Å². The van der Waals surface area contributed by atoms with Crippen LogP contribution in [-0.4, -0.2) is 44.1 Å². The Balaban J connectivity index is 1.94. The van der Waals surface area contributed by atoms with Gasteiger partial charge >= 0.3 is 6.03 Å². The summed E-state index contributed by atoms with van der Waals surface area (Å²) in [5.41, 5.74) is 5.98. The van der Waals surface area contributed by atoms with Crippen molar-refractivity contribution < 1.29 is 19.1 Å². The Labute approximate surface area is 165 Å². The Hall–Kier alpha value is -2.77. The molecule has 4 N–H and O–H groups in total. The van der Waals surface area contributed by atoms with E-state index in [9.17, 15) is 14.4 Å². The van der Waals surface area contributed by atoms with Crippen molar-refractivity contribution in [2.75, 3.05) is 25.1 Å². The number of methoxy groups -OCH3 is 1. The molecule has 0 aromatic heterocycles. The van der Waals surface area contributed by atoms with Gasteiger partial charge in [0.25, 0.3) is 0 Å². The third-order valence-electron chi connectivity index (χ3n) is 5.08. The van der Waals surface area contributed by atoms with Gasteiger partial charge in [-0.2, -0.15) is 0 Å². The molecular formula is C20H30N4O4. The van der Waals surface area contributed by atoms with Gasteiger partial charge in [0.2, 0.25) is 11.8 Å². The monoisotopic (exact) mass is 390 g/mol. The molecule has 0 heterocycles. The largest absolute Gasteiger partial charge is 0.497 e. The van der Waals surface area contributed by atoms with E-state index in [2.05, 4.69) is 17.6 Å². The second-order valence-corrected chi connectivity index (χ2v) is 7.23. The van der Waals surface area contributed by atoms with E-state index in [0.29, 0.717) is 11.7 Å². The van der Waals surface area contributed by atoms with E-state index in [0.717, 1.165) is 24.9 Å². The fourth-order valence-corrected chi connectivity index (χ4v) is 3.41. The van der Waals surface area contributed by atoms with Gasteiger partial charge in [0.1, 0.15) is 5.75 Å². The smallest absolute Gasteiger partial charge is 0.321 e.